The molecule has 0 aliphatic carbocycles. The van der Waals surface area contributed by atoms with Gasteiger partial charge in [-0.15, -0.1) is 0 Å². The van der Waals surface area contributed by atoms with E-state index in [1.807, 2.05) is 13.8 Å². The summed E-state index contributed by atoms with van der Waals surface area (Å²) >= 11 is 0. The molecule has 0 bridgehead atoms. The van der Waals surface area contributed by atoms with Crippen LogP contribution in [-0.2, 0) is 19.9 Å². The number of rotatable bonds is 6. The zero-order chi connectivity index (χ0) is 22.3. The van der Waals surface area contributed by atoms with Gasteiger partial charge in [0.05, 0.1) is 18.4 Å². The summed E-state index contributed by atoms with van der Waals surface area (Å²) in [5.41, 5.74) is 0.0101. The van der Waals surface area contributed by atoms with Crippen LogP contribution in [0.15, 0.2) is 18.5 Å². The minimum Gasteiger partial charge on any atom is -0.481 e. The van der Waals surface area contributed by atoms with Gasteiger partial charge in [-0.1, -0.05) is 20.8 Å². The van der Waals surface area contributed by atoms with Gasteiger partial charge in [0.25, 0.3) is 0 Å². The first kappa shape index (κ1) is 23.3. The first-order valence-corrected chi connectivity index (χ1v) is 9.81. The van der Waals surface area contributed by atoms with Gasteiger partial charge in [-0.05, 0) is 30.9 Å². The highest BCUT2D eigenvalue weighted by Crippen LogP contribution is 2.39. The summed E-state index contributed by atoms with van der Waals surface area (Å²) in [5.74, 6) is -0.225. The number of hydrogen-bond acceptors (Lipinski definition) is 7. The lowest BCUT2D eigenvalue weighted by Crippen LogP contribution is -2.28. The Kier molecular flexibility index (Phi) is 7.86. The Morgan fingerprint density at radius 3 is 2.70 bits per heavy atom. The summed E-state index contributed by atoms with van der Waals surface area (Å²) in [5, 5.41) is 33.7. The van der Waals surface area contributed by atoms with Gasteiger partial charge in [0, 0.05) is 12.8 Å². The summed E-state index contributed by atoms with van der Waals surface area (Å²) < 4.78 is 7.36. The summed E-state index contributed by atoms with van der Waals surface area (Å²) in [7, 11) is 0. The third kappa shape index (κ3) is 5.31. The molecule has 0 aromatic carbocycles. The number of nitrogens with one attached hydrogen (secondary N) is 1. The Morgan fingerprint density at radius 1 is 1.47 bits per heavy atom. The van der Waals surface area contributed by atoms with Crippen LogP contribution in [0.1, 0.15) is 52.1 Å². The number of nitrogens with zero attached hydrogens (tertiary/aromatic N) is 4. The van der Waals surface area contributed by atoms with Crippen LogP contribution in [0.4, 0.5) is 5.82 Å². The lowest BCUT2D eigenvalue weighted by Gasteiger charge is -2.21. The molecule has 3 rings (SSSR count). The Labute approximate surface area is 174 Å². The van der Waals surface area contributed by atoms with Crippen molar-refractivity contribution in [2.45, 2.75) is 58.2 Å². The van der Waals surface area contributed by atoms with Crippen molar-refractivity contribution < 1.29 is 24.5 Å². The molecular weight excluding hydrogens is 390 g/mol. The minimum absolute atomic E-state index is 0.120. The lowest BCUT2D eigenvalue weighted by molar-refractivity contribution is -0.136. The summed E-state index contributed by atoms with van der Waals surface area (Å²) in [6, 6.07) is 5.73. The van der Waals surface area contributed by atoms with E-state index in [9.17, 15) is 20.0 Å². The smallest absolute Gasteiger partial charge is 0.303 e. The molecule has 3 heterocycles. The van der Waals surface area contributed by atoms with Crippen molar-refractivity contribution in [3.63, 3.8) is 0 Å². The van der Waals surface area contributed by atoms with E-state index in [1.165, 1.54) is 6.33 Å². The van der Waals surface area contributed by atoms with Crippen molar-refractivity contribution in [1.29, 1.82) is 5.26 Å². The van der Waals surface area contributed by atoms with Crippen molar-refractivity contribution >= 4 is 23.2 Å². The Balaban J connectivity index is 0.000000575. The Bertz CT molecular complexity index is 935. The molecular formula is C20H27N5O5. The summed E-state index contributed by atoms with van der Waals surface area (Å²) in [4.78, 5) is 25.6. The van der Waals surface area contributed by atoms with E-state index < -0.39 is 11.6 Å². The zero-order valence-electron chi connectivity index (χ0n) is 17.3. The number of amides is 1. The molecule has 1 amide bonds. The number of carboxylic acids is 1. The van der Waals surface area contributed by atoms with Crippen LogP contribution < -0.4 is 5.32 Å². The molecule has 3 N–H and O–H groups in total. The predicted molar refractivity (Wildman–Crippen MR) is 107 cm³/mol. The molecule has 1 fully saturated rings. The fraction of sp³-hybridized carbons (Fsp3) is 0.550. The maximum Gasteiger partial charge on any atom is 0.303 e. The van der Waals surface area contributed by atoms with E-state index >= 15 is 0 Å². The minimum atomic E-state index is -1.16. The van der Waals surface area contributed by atoms with Crippen LogP contribution in [0.2, 0.25) is 0 Å². The van der Waals surface area contributed by atoms with Crippen LogP contribution in [0.3, 0.4) is 0 Å². The molecule has 0 radical (unpaired) electrons. The van der Waals surface area contributed by atoms with Crippen molar-refractivity contribution in [3.8, 4) is 6.07 Å². The number of hydrogen-bond donors (Lipinski definition) is 3. The van der Waals surface area contributed by atoms with Crippen molar-refractivity contribution in [2.24, 2.45) is 5.92 Å². The highest BCUT2D eigenvalue weighted by atomic mass is 16.5. The fourth-order valence-electron chi connectivity index (χ4n) is 3.11. The van der Waals surface area contributed by atoms with Gasteiger partial charge >= 0.3 is 5.97 Å². The van der Waals surface area contributed by atoms with E-state index in [1.54, 1.807) is 23.6 Å². The third-order valence-electron chi connectivity index (χ3n) is 4.59. The predicted octanol–water partition coefficient (Wildman–Crippen LogP) is 2.09. The second-order valence-electron chi connectivity index (χ2n) is 7.42. The monoisotopic (exact) mass is 417 g/mol. The van der Waals surface area contributed by atoms with Crippen LogP contribution >= 0.6 is 0 Å². The zero-order valence-corrected chi connectivity index (χ0v) is 17.3. The summed E-state index contributed by atoms with van der Waals surface area (Å²) in [6.07, 6.45) is 2.66. The van der Waals surface area contributed by atoms with Crippen molar-refractivity contribution in [2.75, 3.05) is 11.9 Å². The number of carboxylic acid groups (broad SMARTS) is 1. The molecule has 1 aliphatic rings. The number of fused-ring (bicyclic) bond motifs is 1. The molecule has 2 aromatic rings. The molecule has 2 atom stereocenters. The maximum absolute atomic E-state index is 12.0. The van der Waals surface area contributed by atoms with Crippen LogP contribution in [0.5, 0.6) is 0 Å². The average molecular weight is 417 g/mol. The number of aromatic nitrogens is 3. The van der Waals surface area contributed by atoms with Gasteiger partial charge in [0.2, 0.25) is 5.91 Å². The Hall–Kier alpha value is -3.03. The van der Waals surface area contributed by atoms with Gasteiger partial charge in [-0.2, -0.15) is 10.4 Å². The van der Waals surface area contributed by atoms with Crippen molar-refractivity contribution in [1.82, 2.24) is 14.6 Å². The number of anilines is 1. The molecule has 0 spiro atoms. The maximum atomic E-state index is 12.0. The van der Waals surface area contributed by atoms with E-state index in [4.69, 9.17) is 9.84 Å². The highest BCUT2D eigenvalue weighted by Gasteiger charge is 2.44. The normalized spacial score (nSPS) is 20.5. The number of carbonyl (C=O) groups is 2. The van der Waals surface area contributed by atoms with Gasteiger partial charge in [-0.25, -0.2) is 9.50 Å². The molecule has 0 saturated carbocycles. The van der Waals surface area contributed by atoms with Gasteiger partial charge in [0.1, 0.15) is 17.9 Å². The second kappa shape index (κ2) is 10.1. The van der Waals surface area contributed by atoms with Gasteiger partial charge in [-0.3, -0.25) is 9.59 Å². The lowest BCUT2D eigenvalue weighted by atomic mass is 9.98. The molecule has 1 saturated heterocycles. The first-order valence-electron chi connectivity index (χ1n) is 9.81. The highest BCUT2D eigenvalue weighted by molar-refractivity contribution is 5.93. The van der Waals surface area contributed by atoms with Gasteiger partial charge < -0.3 is 20.3 Å². The molecule has 2 aromatic heterocycles. The van der Waals surface area contributed by atoms with Crippen LogP contribution in [0.25, 0.3) is 5.52 Å². The molecule has 10 heteroatoms. The molecule has 162 valence electrons. The van der Waals surface area contributed by atoms with E-state index in [0.29, 0.717) is 36.3 Å². The summed E-state index contributed by atoms with van der Waals surface area (Å²) in [6.45, 7) is 5.41. The number of aliphatic hydroxyl groups excluding tert-OH is 1. The number of ether oxygens (including phenoxy) is 1. The second-order valence-corrected chi connectivity index (χ2v) is 7.42. The molecule has 2 unspecified atom stereocenters. The topological polar surface area (TPSA) is 150 Å². The first-order chi connectivity index (χ1) is 14.3. The SMILES string of the molecule is CC(C)CC(=O)Nc1ncnn2c(C3(C#N)CCC(CO)O3)ccc12.CCC(=O)O. The molecule has 30 heavy (non-hydrogen) atoms. The quantitative estimate of drug-likeness (QED) is 0.646. The van der Waals surface area contributed by atoms with Crippen LogP contribution in [-0.4, -0.2) is 49.4 Å². The van der Waals surface area contributed by atoms with Gasteiger partial charge in [0.15, 0.2) is 11.4 Å². The standard InChI is InChI=1S/C17H21N5O3.C3H6O2/c1-11(2)7-15(24)21-16-13-3-4-14(22(13)20-10-19-16)17(9-18)6-5-12(8-23)25-17;1-2-3(4)5/h3-4,10-12,23H,5-8H2,1-2H3,(H,19,20,21,24);2H2,1H3,(H,4,5). The molecule has 1 aliphatic heterocycles. The number of carbonyl (C=O) groups excluding carboxylic acids is 1. The van der Waals surface area contributed by atoms with E-state index in [0.717, 1.165) is 0 Å². The number of nitriles is 1. The Morgan fingerprint density at radius 2 is 2.17 bits per heavy atom. The van der Waals surface area contributed by atoms with E-state index in [-0.39, 0.29) is 31.0 Å². The van der Waals surface area contributed by atoms with Crippen LogP contribution in [0, 0.1) is 17.2 Å². The largest absolute Gasteiger partial charge is 0.481 e. The average Bonchev–Trinajstić information content (AvgIpc) is 3.33. The number of aliphatic hydroxyl groups is 1. The van der Waals surface area contributed by atoms with E-state index in [2.05, 4.69) is 21.5 Å². The number of aliphatic carboxylic acids is 1. The fourth-order valence-corrected chi connectivity index (χ4v) is 3.11. The molecule has 10 nitrogen and oxygen atoms in total. The third-order valence-corrected chi connectivity index (χ3v) is 4.59. The van der Waals surface area contributed by atoms with Crippen molar-refractivity contribution in [3.05, 3.63) is 24.2 Å².